The summed E-state index contributed by atoms with van der Waals surface area (Å²) >= 11 is 0. The molecular formula is C7H12O3. The minimum absolute atomic E-state index is 0.183. The molecule has 1 aliphatic rings. The molecule has 0 bridgehead atoms. The van der Waals surface area contributed by atoms with E-state index in [1.165, 1.54) is 0 Å². The zero-order valence-electron chi connectivity index (χ0n) is 6.04. The minimum Gasteiger partial charge on any atom is -0.460 e. The van der Waals surface area contributed by atoms with Crippen molar-refractivity contribution in [2.45, 2.75) is 38.4 Å². The van der Waals surface area contributed by atoms with E-state index in [2.05, 4.69) is 0 Å². The van der Waals surface area contributed by atoms with Gasteiger partial charge in [0.15, 0.2) is 0 Å². The Morgan fingerprint density at radius 2 is 2.60 bits per heavy atom. The number of carbonyl (C=O) groups excluding carboxylic acids is 1. The van der Waals surface area contributed by atoms with Gasteiger partial charge in [0.2, 0.25) is 0 Å². The van der Waals surface area contributed by atoms with Crippen molar-refractivity contribution in [2.24, 2.45) is 0 Å². The molecule has 0 amide bonds. The maximum Gasteiger partial charge on any atom is 0.306 e. The van der Waals surface area contributed by atoms with E-state index in [9.17, 15) is 9.90 Å². The number of aliphatic hydroxyl groups excluding tert-OH is 1. The van der Waals surface area contributed by atoms with Crippen LogP contribution in [-0.2, 0) is 9.53 Å². The molecule has 3 nitrogen and oxygen atoms in total. The average Bonchev–Trinajstić information content (AvgIpc) is 2.34. The summed E-state index contributed by atoms with van der Waals surface area (Å²) in [4.78, 5) is 10.5. The largest absolute Gasteiger partial charge is 0.460 e. The van der Waals surface area contributed by atoms with Gasteiger partial charge in [0.05, 0.1) is 6.10 Å². The molecule has 0 spiro atoms. The number of hydrogen-bond donors (Lipinski definition) is 1. The van der Waals surface area contributed by atoms with Crippen LogP contribution >= 0.6 is 0 Å². The molecule has 10 heavy (non-hydrogen) atoms. The SMILES string of the molecule is CC[C@H](O)C1CCC(=O)O1. The lowest BCUT2D eigenvalue weighted by atomic mass is 10.1. The molecule has 2 atom stereocenters. The van der Waals surface area contributed by atoms with Crippen molar-refractivity contribution in [1.82, 2.24) is 0 Å². The van der Waals surface area contributed by atoms with Crippen molar-refractivity contribution >= 4 is 5.97 Å². The molecule has 1 rings (SSSR count). The highest BCUT2D eigenvalue weighted by Crippen LogP contribution is 2.18. The highest BCUT2D eigenvalue weighted by molar-refractivity contribution is 5.71. The number of rotatable bonds is 2. The van der Waals surface area contributed by atoms with Crippen molar-refractivity contribution in [2.75, 3.05) is 0 Å². The van der Waals surface area contributed by atoms with Gasteiger partial charge in [-0.1, -0.05) is 6.92 Å². The molecule has 0 aromatic heterocycles. The fourth-order valence-electron chi connectivity index (χ4n) is 1.08. The van der Waals surface area contributed by atoms with Crippen molar-refractivity contribution in [3.63, 3.8) is 0 Å². The molecule has 1 N–H and O–H groups in total. The monoisotopic (exact) mass is 144 g/mol. The van der Waals surface area contributed by atoms with Gasteiger partial charge in [-0.2, -0.15) is 0 Å². The Balaban J connectivity index is 2.36. The lowest BCUT2D eigenvalue weighted by Crippen LogP contribution is -2.24. The minimum atomic E-state index is -0.466. The smallest absolute Gasteiger partial charge is 0.306 e. The van der Waals surface area contributed by atoms with E-state index >= 15 is 0 Å². The number of cyclic esters (lactones) is 1. The number of esters is 1. The van der Waals surface area contributed by atoms with Crippen LogP contribution in [0, 0.1) is 0 Å². The van der Waals surface area contributed by atoms with Gasteiger partial charge in [0.1, 0.15) is 6.10 Å². The van der Waals surface area contributed by atoms with Crippen molar-refractivity contribution in [3.05, 3.63) is 0 Å². The molecule has 58 valence electrons. The lowest BCUT2D eigenvalue weighted by molar-refractivity contribution is -0.145. The second kappa shape index (κ2) is 3.01. The van der Waals surface area contributed by atoms with Gasteiger partial charge in [-0.3, -0.25) is 4.79 Å². The Bertz CT molecular complexity index is 133. The van der Waals surface area contributed by atoms with E-state index in [1.807, 2.05) is 6.92 Å². The van der Waals surface area contributed by atoms with Crippen LogP contribution in [0.5, 0.6) is 0 Å². The third-order valence-corrected chi connectivity index (χ3v) is 1.76. The molecule has 1 fully saturated rings. The third-order valence-electron chi connectivity index (χ3n) is 1.76. The predicted molar refractivity (Wildman–Crippen MR) is 35.4 cm³/mol. The lowest BCUT2D eigenvalue weighted by Gasteiger charge is -2.13. The molecule has 0 aliphatic carbocycles. The fraction of sp³-hybridized carbons (Fsp3) is 0.857. The molecule has 0 saturated carbocycles. The topological polar surface area (TPSA) is 46.5 Å². The first-order valence-electron chi connectivity index (χ1n) is 3.61. The van der Waals surface area contributed by atoms with Crippen LogP contribution in [0.2, 0.25) is 0 Å². The third kappa shape index (κ3) is 1.48. The van der Waals surface area contributed by atoms with E-state index in [0.717, 1.165) is 0 Å². The Hall–Kier alpha value is -0.570. The van der Waals surface area contributed by atoms with E-state index in [0.29, 0.717) is 19.3 Å². The first kappa shape index (κ1) is 7.54. The second-order valence-corrected chi connectivity index (χ2v) is 2.54. The second-order valence-electron chi connectivity index (χ2n) is 2.54. The normalized spacial score (nSPS) is 28.2. The quantitative estimate of drug-likeness (QED) is 0.573. The summed E-state index contributed by atoms with van der Waals surface area (Å²) in [5.41, 5.74) is 0. The summed E-state index contributed by atoms with van der Waals surface area (Å²) in [6.45, 7) is 1.87. The first-order chi connectivity index (χ1) is 4.74. The highest BCUT2D eigenvalue weighted by atomic mass is 16.6. The van der Waals surface area contributed by atoms with Crippen LogP contribution in [0.3, 0.4) is 0 Å². The molecule has 0 aromatic rings. The molecule has 1 heterocycles. The molecule has 0 radical (unpaired) electrons. The summed E-state index contributed by atoms with van der Waals surface area (Å²) in [5, 5.41) is 9.20. The van der Waals surface area contributed by atoms with E-state index < -0.39 is 6.10 Å². The van der Waals surface area contributed by atoms with Crippen molar-refractivity contribution < 1.29 is 14.6 Å². The summed E-state index contributed by atoms with van der Waals surface area (Å²) in [6, 6.07) is 0. The molecule has 3 heteroatoms. The maximum absolute atomic E-state index is 10.5. The van der Waals surface area contributed by atoms with Gasteiger partial charge < -0.3 is 9.84 Å². The van der Waals surface area contributed by atoms with Gasteiger partial charge >= 0.3 is 5.97 Å². The predicted octanol–water partition coefficient (Wildman–Crippen LogP) is 0.463. The summed E-state index contributed by atoms with van der Waals surface area (Å²) in [5.74, 6) is -0.183. The Kier molecular flexibility index (Phi) is 2.27. The van der Waals surface area contributed by atoms with Crippen LogP contribution in [-0.4, -0.2) is 23.3 Å². The average molecular weight is 144 g/mol. The summed E-state index contributed by atoms with van der Waals surface area (Å²) < 4.78 is 4.83. The summed E-state index contributed by atoms with van der Waals surface area (Å²) in [6.07, 6.45) is 1.08. The van der Waals surface area contributed by atoms with E-state index in [-0.39, 0.29) is 12.1 Å². The van der Waals surface area contributed by atoms with Crippen LogP contribution in [0.25, 0.3) is 0 Å². The molecule has 1 aliphatic heterocycles. The number of ether oxygens (including phenoxy) is 1. The Morgan fingerprint density at radius 1 is 1.90 bits per heavy atom. The highest BCUT2D eigenvalue weighted by Gasteiger charge is 2.28. The van der Waals surface area contributed by atoms with E-state index in [1.54, 1.807) is 0 Å². The Morgan fingerprint density at radius 3 is 3.00 bits per heavy atom. The van der Waals surface area contributed by atoms with Crippen LogP contribution in [0.4, 0.5) is 0 Å². The molecule has 1 unspecified atom stereocenters. The van der Waals surface area contributed by atoms with Crippen molar-refractivity contribution in [3.8, 4) is 0 Å². The van der Waals surface area contributed by atoms with Gasteiger partial charge in [-0.15, -0.1) is 0 Å². The van der Waals surface area contributed by atoms with E-state index in [4.69, 9.17) is 4.74 Å². The zero-order valence-corrected chi connectivity index (χ0v) is 6.04. The zero-order chi connectivity index (χ0) is 7.56. The fourth-order valence-corrected chi connectivity index (χ4v) is 1.08. The standard InChI is InChI=1S/C7H12O3/c1-2-5(8)6-3-4-7(9)10-6/h5-6,8H,2-4H2,1H3/t5-,6?/m0/s1. The summed E-state index contributed by atoms with van der Waals surface area (Å²) in [7, 11) is 0. The van der Waals surface area contributed by atoms with Gasteiger partial charge in [-0.25, -0.2) is 0 Å². The number of carbonyl (C=O) groups is 1. The van der Waals surface area contributed by atoms with Gasteiger partial charge in [-0.05, 0) is 12.8 Å². The van der Waals surface area contributed by atoms with Crippen LogP contribution in [0.1, 0.15) is 26.2 Å². The van der Waals surface area contributed by atoms with Crippen LogP contribution in [0.15, 0.2) is 0 Å². The van der Waals surface area contributed by atoms with Gasteiger partial charge in [0.25, 0.3) is 0 Å². The maximum atomic E-state index is 10.5. The first-order valence-corrected chi connectivity index (χ1v) is 3.61. The van der Waals surface area contributed by atoms with Crippen LogP contribution < -0.4 is 0 Å². The van der Waals surface area contributed by atoms with Gasteiger partial charge in [0, 0.05) is 6.42 Å². The number of aliphatic hydroxyl groups is 1. The van der Waals surface area contributed by atoms with Crippen molar-refractivity contribution in [1.29, 1.82) is 0 Å². The molecule has 0 aromatic carbocycles. The number of hydrogen-bond acceptors (Lipinski definition) is 3. The molecule has 1 saturated heterocycles. The Labute approximate surface area is 60.0 Å². The molecular weight excluding hydrogens is 132 g/mol.